The lowest BCUT2D eigenvalue weighted by molar-refractivity contribution is 0.257. The molecule has 0 aromatic carbocycles. The topological polar surface area (TPSA) is 81.4 Å². The standard InChI is InChI=1S/C6H12N2O3S/c1-2-8(4-5-9)12(10,11)6-3-7/h9H,2,4-6H2,1H3. The molecule has 0 atom stereocenters. The van der Waals surface area contributed by atoms with E-state index in [1.54, 1.807) is 13.0 Å². The van der Waals surface area contributed by atoms with Crippen LogP contribution in [0.5, 0.6) is 0 Å². The highest BCUT2D eigenvalue weighted by molar-refractivity contribution is 7.89. The van der Waals surface area contributed by atoms with E-state index in [1.807, 2.05) is 0 Å². The maximum absolute atomic E-state index is 11.1. The number of hydrogen-bond donors (Lipinski definition) is 1. The third-order valence-corrected chi connectivity index (χ3v) is 3.06. The van der Waals surface area contributed by atoms with Crippen LogP contribution < -0.4 is 0 Å². The molecule has 0 fully saturated rings. The first-order valence-electron chi connectivity index (χ1n) is 3.54. The molecule has 0 aromatic rings. The molecule has 6 heteroatoms. The van der Waals surface area contributed by atoms with Gasteiger partial charge < -0.3 is 5.11 Å². The number of sulfonamides is 1. The highest BCUT2D eigenvalue weighted by Crippen LogP contribution is 1.99. The van der Waals surface area contributed by atoms with Gasteiger partial charge >= 0.3 is 0 Å². The molecule has 0 aliphatic rings. The second kappa shape index (κ2) is 5.09. The van der Waals surface area contributed by atoms with E-state index in [-0.39, 0.29) is 19.7 Å². The predicted molar refractivity (Wildman–Crippen MR) is 43.7 cm³/mol. The van der Waals surface area contributed by atoms with E-state index in [0.29, 0.717) is 0 Å². The zero-order valence-electron chi connectivity index (χ0n) is 6.89. The smallest absolute Gasteiger partial charge is 0.227 e. The summed E-state index contributed by atoms with van der Waals surface area (Å²) in [4.78, 5) is 0. The van der Waals surface area contributed by atoms with Crippen LogP contribution in [0.3, 0.4) is 0 Å². The highest BCUT2D eigenvalue weighted by atomic mass is 32.2. The van der Waals surface area contributed by atoms with Gasteiger partial charge in [0.25, 0.3) is 0 Å². The summed E-state index contributed by atoms with van der Waals surface area (Å²) in [5, 5.41) is 16.7. The predicted octanol–water partition coefficient (Wildman–Crippen LogP) is -0.846. The molecular formula is C6H12N2O3S. The largest absolute Gasteiger partial charge is 0.395 e. The van der Waals surface area contributed by atoms with Crippen molar-refractivity contribution in [3.63, 3.8) is 0 Å². The van der Waals surface area contributed by atoms with Gasteiger partial charge in [0.15, 0.2) is 5.75 Å². The molecule has 0 amide bonds. The molecular weight excluding hydrogens is 180 g/mol. The zero-order valence-corrected chi connectivity index (χ0v) is 7.71. The average molecular weight is 192 g/mol. The third kappa shape index (κ3) is 3.17. The second-order valence-corrected chi connectivity index (χ2v) is 4.10. The van der Waals surface area contributed by atoms with Gasteiger partial charge in [-0.1, -0.05) is 6.92 Å². The van der Waals surface area contributed by atoms with Crippen molar-refractivity contribution in [1.29, 1.82) is 5.26 Å². The van der Waals surface area contributed by atoms with Crippen molar-refractivity contribution in [3.05, 3.63) is 0 Å². The summed E-state index contributed by atoms with van der Waals surface area (Å²) in [6.45, 7) is 1.77. The van der Waals surface area contributed by atoms with Gasteiger partial charge in [0.1, 0.15) is 0 Å². The number of nitrogens with zero attached hydrogens (tertiary/aromatic N) is 2. The maximum atomic E-state index is 11.1. The molecule has 5 nitrogen and oxygen atoms in total. The quantitative estimate of drug-likeness (QED) is 0.615. The van der Waals surface area contributed by atoms with Crippen LogP contribution in [-0.2, 0) is 10.0 Å². The first-order valence-corrected chi connectivity index (χ1v) is 5.15. The Hall–Kier alpha value is -0.640. The van der Waals surface area contributed by atoms with Crippen molar-refractivity contribution in [1.82, 2.24) is 4.31 Å². The Labute approximate surface area is 72.3 Å². The summed E-state index contributed by atoms with van der Waals surface area (Å²) in [5.41, 5.74) is 0. The number of aliphatic hydroxyl groups excluding tert-OH is 1. The fourth-order valence-corrected chi connectivity index (χ4v) is 1.88. The molecule has 0 radical (unpaired) electrons. The molecule has 0 unspecified atom stereocenters. The third-order valence-electron chi connectivity index (χ3n) is 1.34. The van der Waals surface area contributed by atoms with Crippen LogP contribution in [0.2, 0.25) is 0 Å². The van der Waals surface area contributed by atoms with Crippen LogP contribution in [-0.4, -0.2) is 43.3 Å². The minimum Gasteiger partial charge on any atom is -0.395 e. The Morgan fingerprint density at radius 3 is 2.50 bits per heavy atom. The van der Waals surface area contributed by atoms with E-state index < -0.39 is 15.8 Å². The number of rotatable bonds is 5. The monoisotopic (exact) mass is 192 g/mol. The van der Waals surface area contributed by atoms with Crippen LogP contribution >= 0.6 is 0 Å². The summed E-state index contributed by atoms with van der Waals surface area (Å²) in [6, 6.07) is 1.57. The summed E-state index contributed by atoms with van der Waals surface area (Å²) in [5.74, 6) is -0.527. The molecule has 0 aliphatic carbocycles. The number of likely N-dealkylation sites (N-methyl/N-ethyl adjacent to an activating group) is 1. The summed E-state index contributed by atoms with van der Waals surface area (Å²) in [7, 11) is -3.47. The fraction of sp³-hybridized carbons (Fsp3) is 0.833. The van der Waals surface area contributed by atoms with Crippen molar-refractivity contribution < 1.29 is 13.5 Å². The lowest BCUT2D eigenvalue weighted by atomic mass is 10.6. The van der Waals surface area contributed by atoms with Gasteiger partial charge in [-0.05, 0) is 0 Å². The Morgan fingerprint density at radius 1 is 1.58 bits per heavy atom. The lowest BCUT2D eigenvalue weighted by Crippen LogP contribution is -2.34. The minimum atomic E-state index is -3.47. The summed E-state index contributed by atoms with van der Waals surface area (Å²) < 4.78 is 23.4. The van der Waals surface area contributed by atoms with Crippen molar-refractivity contribution in [2.75, 3.05) is 25.4 Å². The minimum absolute atomic E-state index is 0.0561. The van der Waals surface area contributed by atoms with E-state index in [2.05, 4.69) is 0 Å². The highest BCUT2D eigenvalue weighted by Gasteiger charge is 2.18. The van der Waals surface area contributed by atoms with Gasteiger partial charge in [-0.25, -0.2) is 8.42 Å². The van der Waals surface area contributed by atoms with E-state index >= 15 is 0 Å². The normalized spacial score (nSPS) is 11.5. The van der Waals surface area contributed by atoms with Crippen LogP contribution in [0.1, 0.15) is 6.92 Å². The van der Waals surface area contributed by atoms with Crippen molar-refractivity contribution in [3.8, 4) is 6.07 Å². The molecule has 0 saturated carbocycles. The van der Waals surface area contributed by atoms with E-state index in [9.17, 15) is 8.42 Å². The molecule has 70 valence electrons. The van der Waals surface area contributed by atoms with Crippen LogP contribution in [0, 0.1) is 11.3 Å². The molecule has 0 spiro atoms. The Bertz CT molecular complexity index is 254. The number of nitriles is 1. The molecule has 0 aromatic heterocycles. The Morgan fingerprint density at radius 2 is 2.17 bits per heavy atom. The van der Waals surface area contributed by atoms with Gasteiger partial charge in [0.2, 0.25) is 10.0 Å². The number of hydrogen-bond acceptors (Lipinski definition) is 4. The molecule has 0 bridgehead atoms. The van der Waals surface area contributed by atoms with Gasteiger partial charge in [0, 0.05) is 13.1 Å². The fourth-order valence-electron chi connectivity index (χ4n) is 0.778. The van der Waals surface area contributed by atoms with Gasteiger partial charge in [-0.2, -0.15) is 9.57 Å². The molecule has 0 aliphatic heterocycles. The van der Waals surface area contributed by atoms with Gasteiger partial charge in [0.05, 0.1) is 12.7 Å². The Balaban J connectivity index is 4.40. The maximum Gasteiger partial charge on any atom is 0.227 e. The Kier molecular flexibility index (Phi) is 4.81. The van der Waals surface area contributed by atoms with E-state index in [4.69, 9.17) is 10.4 Å². The van der Waals surface area contributed by atoms with Crippen LogP contribution in [0.25, 0.3) is 0 Å². The molecule has 0 saturated heterocycles. The second-order valence-electron chi connectivity index (χ2n) is 2.13. The van der Waals surface area contributed by atoms with Crippen LogP contribution in [0.4, 0.5) is 0 Å². The molecule has 0 heterocycles. The summed E-state index contributed by atoms with van der Waals surface area (Å²) in [6.07, 6.45) is 0. The van der Waals surface area contributed by atoms with E-state index in [0.717, 1.165) is 4.31 Å². The molecule has 1 N–H and O–H groups in total. The molecule has 0 rings (SSSR count). The first-order chi connectivity index (χ1) is 5.58. The SMILES string of the molecule is CCN(CCO)S(=O)(=O)CC#N. The molecule has 12 heavy (non-hydrogen) atoms. The number of aliphatic hydroxyl groups is 1. The van der Waals surface area contributed by atoms with Crippen molar-refractivity contribution in [2.45, 2.75) is 6.92 Å². The van der Waals surface area contributed by atoms with Gasteiger partial charge in [-0.15, -0.1) is 0 Å². The van der Waals surface area contributed by atoms with E-state index in [1.165, 1.54) is 0 Å². The van der Waals surface area contributed by atoms with Crippen molar-refractivity contribution >= 4 is 10.0 Å². The van der Waals surface area contributed by atoms with Crippen molar-refractivity contribution in [2.24, 2.45) is 0 Å². The summed E-state index contributed by atoms with van der Waals surface area (Å²) >= 11 is 0. The lowest BCUT2D eigenvalue weighted by Gasteiger charge is -2.16. The zero-order chi connectivity index (χ0) is 9.61. The average Bonchev–Trinajstić information content (AvgIpc) is 1.99. The first kappa shape index (κ1) is 11.4. The van der Waals surface area contributed by atoms with Gasteiger partial charge in [-0.3, -0.25) is 0 Å². The van der Waals surface area contributed by atoms with Crippen LogP contribution in [0.15, 0.2) is 0 Å².